The highest BCUT2D eigenvalue weighted by Gasteiger charge is 2.35. The topological polar surface area (TPSA) is 87.2 Å². The van der Waals surface area contributed by atoms with Crippen LogP contribution in [0.1, 0.15) is 17.5 Å². The van der Waals surface area contributed by atoms with Gasteiger partial charge in [0, 0.05) is 24.7 Å². The van der Waals surface area contributed by atoms with Gasteiger partial charge < -0.3 is 10.2 Å². The Morgan fingerprint density at radius 1 is 1.03 bits per heavy atom. The van der Waals surface area contributed by atoms with E-state index in [1.54, 1.807) is 37.3 Å². The molecule has 188 valence electrons. The summed E-state index contributed by atoms with van der Waals surface area (Å²) in [7, 11) is -2.32. The lowest BCUT2D eigenvalue weighted by Gasteiger charge is -2.18. The van der Waals surface area contributed by atoms with Crippen LogP contribution in [0.5, 0.6) is 0 Å². The molecule has 0 radical (unpaired) electrons. The number of likely N-dealkylation sites (N-methyl/N-ethyl adjacent to an activating group) is 1. The maximum absolute atomic E-state index is 13.6. The molecule has 4 rings (SSSR count). The largest absolute Gasteiger partial charge is 0.418 e. The van der Waals surface area contributed by atoms with E-state index in [-0.39, 0.29) is 40.6 Å². The number of aryl methyl sites for hydroxylation is 1. The molecular formula is C23H25ClF3N5O2S. The molecular weight excluding hydrogens is 503 g/mol. The molecule has 1 aliphatic heterocycles. The fourth-order valence-electron chi connectivity index (χ4n) is 3.91. The van der Waals surface area contributed by atoms with Crippen LogP contribution >= 0.6 is 12.4 Å². The summed E-state index contributed by atoms with van der Waals surface area (Å²) in [5.74, 6) is 0.288. The number of nitrogens with zero attached hydrogens (tertiary/aromatic N) is 3. The number of rotatable bonds is 6. The molecule has 35 heavy (non-hydrogen) atoms. The van der Waals surface area contributed by atoms with Crippen LogP contribution in [0.4, 0.5) is 24.8 Å². The standard InChI is InChI=1S/C23H24F3N5O2S.ClH/c1-15-6-3-4-7-17(15)22-18(23(24,25)26)10-11-19(28-22)30-34(32,33)21-9-5-8-20(29-21)31-13-12-16(14-31)27-2;/h3-11,16,27H,12-14H2,1-2H3,(H,28,30);1H. The molecule has 12 heteroatoms. The summed E-state index contributed by atoms with van der Waals surface area (Å²) in [5, 5.41) is 2.95. The first kappa shape index (κ1) is 26.7. The zero-order chi connectivity index (χ0) is 24.5. The van der Waals surface area contributed by atoms with Crippen LogP contribution in [0.2, 0.25) is 0 Å². The van der Waals surface area contributed by atoms with Crippen LogP contribution < -0.4 is 14.9 Å². The summed E-state index contributed by atoms with van der Waals surface area (Å²) >= 11 is 0. The molecule has 1 fully saturated rings. The highest BCUT2D eigenvalue weighted by Crippen LogP contribution is 2.38. The summed E-state index contributed by atoms with van der Waals surface area (Å²) in [6.45, 7) is 3.09. The highest BCUT2D eigenvalue weighted by molar-refractivity contribution is 7.92. The van der Waals surface area contributed by atoms with Gasteiger partial charge in [0.15, 0.2) is 5.03 Å². The lowest BCUT2D eigenvalue weighted by atomic mass is 10.0. The van der Waals surface area contributed by atoms with Crippen molar-refractivity contribution in [1.29, 1.82) is 0 Å². The summed E-state index contributed by atoms with van der Waals surface area (Å²) in [4.78, 5) is 10.3. The first-order chi connectivity index (χ1) is 16.1. The summed E-state index contributed by atoms with van der Waals surface area (Å²) in [6.07, 6.45) is -3.75. The predicted molar refractivity (Wildman–Crippen MR) is 131 cm³/mol. The van der Waals surface area contributed by atoms with Crippen LogP contribution in [0, 0.1) is 6.92 Å². The molecule has 1 aliphatic rings. The fourth-order valence-corrected chi connectivity index (χ4v) is 4.88. The van der Waals surface area contributed by atoms with Crippen LogP contribution in [-0.4, -0.2) is 44.6 Å². The minimum Gasteiger partial charge on any atom is -0.355 e. The normalized spacial score (nSPS) is 16.1. The van der Waals surface area contributed by atoms with Crippen molar-refractivity contribution >= 4 is 34.1 Å². The molecule has 3 heterocycles. The van der Waals surface area contributed by atoms with E-state index in [2.05, 4.69) is 20.0 Å². The van der Waals surface area contributed by atoms with Gasteiger partial charge in [-0.05, 0) is 50.2 Å². The third-order valence-corrected chi connectivity index (χ3v) is 7.00. The van der Waals surface area contributed by atoms with Gasteiger partial charge in [-0.3, -0.25) is 4.72 Å². The lowest BCUT2D eigenvalue weighted by Crippen LogP contribution is -2.30. The fraction of sp³-hybridized carbons (Fsp3) is 0.304. The van der Waals surface area contributed by atoms with E-state index in [0.717, 1.165) is 25.1 Å². The van der Waals surface area contributed by atoms with Crippen LogP contribution in [0.15, 0.2) is 59.6 Å². The maximum atomic E-state index is 13.6. The second-order valence-electron chi connectivity index (χ2n) is 8.07. The Balaban J connectivity index is 0.00000342. The first-order valence-electron chi connectivity index (χ1n) is 10.6. The van der Waals surface area contributed by atoms with Crippen LogP contribution in [0.25, 0.3) is 11.3 Å². The Hall–Kier alpha value is -2.89. The summed E-state index contributed by atoms with van der Waals surface area (Å²) in [6, 6.07) is 13.3. The smallest absolute Gasteiger partial charge is 0.355 e. The molecule has 1 aromatic carbocycles. The van der Waals surface area contributed by atoms with E-state index >= 15 is 0 Å². The number of aromatic nitrogens is 2. The molecule has 0 bridgehead atoms. The zero-order valence-corrected chi connectivity index (χ0v) is 20.6. The maximum Gasteiger partial charge on any atom is 0.418 e. The Morgan fingerprint density at radius 3 is 2.43 bits per heavy atom. The number of nitrogens with one attached hydrogen (secondary N) is 2. The lowest BCUT2D eigenvalue weighted by molar-refractivity contribution is -0.137. The Morgan fingerprint density at radius 2 is 1.77 bits per heavy atom. The average Bonchev–Trinajstić information content (AvgIpc) is 3.28. The molecule has 0 spiro atoms. The molecule has 0 saturated carbocycles. The van der Waals surface area contributed by atoms with Crippen molar-refractivity contribution in [2.24, 2.45) is 0 Å². The molecule has 2 aromatic heterocycles. The van der Waals surface area contributed by atoms with E-state index in [1.165, 1.54) is 12.1 Å². The number of pyridine rings is 2. The van der Waals surface area contributed by atoms with E-state index in [9.17, 15) is 21.6 Å². The van der Waals surface area contributed by atoms with Gasteiger partial charge in [0.1, 0.15) is 11.6 Å². The summed E-state index contributed by atoms with van der Waals surface area (Å²) in [5.41, 5.74) is -0.440. The number of benzene rings is 1. The van der Waals surface area contributed by atoms with E-state index < -0.39 is 21.8 Å². The average molecular weight is 528 g/mol. The zero-order valence-electron chi connectivity index (χ0n) is 19.0. The Kier molecular flexibility index (Phi) is 7.93. The van der Waals surface area contributed by atoms with Crippen molar-refractivity contribution in [2.45, 2.75) is 30.6 Å². The van der Waals surface area contributed by atoms with Gasteiger partial charge in [-0.2, -0.15) is 21.6 Å². The molecule has 0 amide bonds. The predicted octanol–water partition coefficient (Wildman–Crippen LogP) is 4.49. The van der Waals surface area contributed by atoms with Gasteiger partial charge in [-0.15, -0.1) is 12.4 Å². The minimum absolute atomic E-state index is 0. The number of hydrogen-bond acceptors (Lipinski definition) is 6. The van der Waals surface area contributed by atoms with Crippen molar-refractivity contribution in [1.82, 2.24) is 15.3 Å². The van der Waals surface area contributed by atoms with Crippen LogP contribution in [0.3, 0.4) is 0 Å². The van der Waals surface area contributed by atoms with Gasteiger partial charge in [0.2, 0.25) is 0 Å². The quantitative estimate of drug-likeness (QED) is 0.491. The molecule has 1 atom stereocenters. The third kappa shape index (κ3) is 5.85. The van der Waals surface area contributed by atoms with Crippen molar-refractivity contribution in [3.63, 3.8) is 0 Å². The highest BCUT2D eigenvalue weighted by atomic mass is 35.5. The number of anilines is 2. The van der Waals surface area contributed by atoms with E-state index in [1.807, 2.05) is 11.9 Å². The molecule has 1 saturated heterocycles. The van der Waals surface area contributed by atoms with Gasteiger partial charge in [0.25, 0.3) is 10.0 Å². The monoisotopic (exact) mass is 527 g/mol. The van der Waals surface area contributed by atoms with Crippen molar-refractivity contribution in [3.05, 3.63) is 65.7 Å². The van der Waals surface area contributed by atoms with Gasteiger partial charge >= 0.3 is 6.18 Å². The van der Waals surface area contributed by atoms with Gasteiger partial charge in [0.05, 0.1) is 11.3 Å². The van der Waals surface area contributed by atoms with Crippen molar-refractivity contribution in [2.75, 3.05) is 29.8 Å². The minimum atomic E-state index is -4.65. The van der Waals surface area contributed by atoms with Crippen molar-refractivity contribution < 1.29 is 21.6 Å². The first-order valence-corrected chi connectivity index (χ1v) is 12.1. The molecule has 0 aliphatic carbocycles. The summed E-state index contributed by atoms with van der Waals surface area (Å²) < 4.78 is 69.3. The molecule has 1 unspecified atom stereocenters. The third-order valence-electron chi connectivity index (χ3n) is 5.74. The number of hydrogen-bond donors (Lipinski definition) is 2. The van der Waals surface area contributed by atoms with Gasteiger partial charge in [-0.1, -0.05) is 30.3 Å². The SMILES string of the molecule is CNC1CCN(c2cccc(S(=O)(=O)Nc3ccc(C(F)(F)F)c(-c4ccccc4C)n3)n2)C1.Cl. The Labute approximate surface area is 208 Å². The molecule has 7 nitrogen and oxygen atoms in total. The van der Waals surface area contributed by atoms with E-state index in [0.29, 0.717) is 17.9 Å². The molecule has 2 N–H and O–H groups in total. The van der Waals surface area contributed by atoms with E-state index in [4.69, 9.17) is 0 Å². The molecule has 3 aromatic rings. The Bertz CT molecular complexity index is 1300. The van der Waals surface area contributed by atoms with Gasteiger partial charge in [-0.25, -0.2) is 9.97 Å². The number of sulfonamides is 1. The second kappa shape index (κ2) is 10.4. The number of alkyl halides is 3. The van der Waals surface area contributed by atoms with Crippen molar-refractivity contribution in [3.8, 4) is 11.3 Å². The number of halogens is 4. The van der Waals surface area contributed by atoms with Crippen LogP contribution in [-0.2, 0) is 16.2 Å². The second-order valence-corrected chi connectivity index (χ2v) is 9.69.